The minimum absolute atomic E-state index is 0.0957. The van der Waals surface area contributed by atoms with E-state index in [1.807, 2.05) is 20.2 Å². The molecule has 1 unspecified atom stereocenters. The maximum Gasteiger partial charge on any atom is 0.276 e. The summed E-state index contributed by atoms with van der Waals surface area (Å²) >= 11 is 0. The van der Waals surface area contributed by atoms with Gasteiger partial charge >= 0.3 is 0 Å². The van der Waals surface area contributed by atoms with E-state index < -0.39 is 0 Å². The Morgan fingerprint density at radius 2 is 2.30 bits per heavy atom. The van der Waals surface area contributed by atoms with Crippen molar-refractivity contribution in [2.75, 3.05) is 20.6 Å². The highest BCUT2D eigenvalue weighted by atomic mass is 16.5. The Labute approximate surface area is 135 Å². The van der Waals surface area contributed by atoms with Crippen molar-refractivity contribution in [3.63, 3.8) is 0 Å². The third-order valence-electron chi connectivity index (χ3n) is 3.87. The quantitative estimate of drug-likeness (QED) is 0.856. The van der Waals surface area contributed by atoms with E-state index >= 15 is 0 Å². The Kier molecular flexibility index (Phi) is 4.38. The van der Waals surface area contributed by atoms with Gasteiger partial charge in [0.15, 0.2) is 11.5 Å². The van der Waals surface area contributed by atoms with Crippen molar-refractivity contribution in [1.29, 1.82) is 0 Å². The summed E-state index contributed by atoms with van der Waals surface area (Å²) in [7, 11) is 4.00. The van der Waals surface area contributed by atoms with Crippen LogP contribution in [0.15, 0.2) is 22.9 Å². The van der Waals surface area contributed by atoms with E-state index in [9.17, 15) is 4.79 Å². The number of nitrogens with zero attached hydrogens (tertiary/aromatic N) is 5. The molecule has 122 valence electrons. The average molecular weight is 315 g/mol. The number of hydrogen-bond acceptors (Lipinski definition) is 6. The minimum atomic E-state index is -0.119. The van der Waals surface area contributed by atoms with Gasteiger partial charge in [-0.1, -0.05) is 5.16 Å². The third kappa shape index (κ3) is 3.39. The van der Waals surface area contributed by atoms with Crippen molar-refractivity contribution in [3.05, 3.63) is 41.3 Å². The van der Waals surface area contributed by atoms with Crippen LogP contribution in [0.2, 0.25) is 0 Å². The first-order valence-corrected chi connectivity index (χ1v) is 7.75. The number of likely N-dealkylation sites (tertiary alicyclic amines) is 1. The summed E-state index contributed by atoms with van der Waals surface area (Å²) in [6.45, 7) is 3.22. The van der Waals surface area contributed by atoms with Crippen molar-refractivity contribution in [2.45, 2.75) is 32.4 Å². The summed E-state index contributed by atoms with van der Waals surface area (Å²) in [4.78, 5) is 25.5. The van der Waals surface area contributed by atoms with Gasteiger partial charge in [-0.05, 0) is 39.9 Å². The fraction of sp³-hybridized carbons (Fsp3) is 0.500. The van der Waals surface area contributed by atoms with Gasteiger partial charge in [-0.2, -0.15) is 0 Å². The Morgan fingerprint density at radius 1 is 1.48 bits per heavy atom. The average Bonchev–Trinajstić information content (AvgIpc) is 3.15. The highest BCUT2D eigenvalue weighted by Crippen LogP contribution is 2.31. The van der Waals surface area contributed by atoms with Gasteiger partial charge in [0, 0.05) is 25.4 Å². The number of rotatable bonds is 4. The molecule has 0 saturated carbocycles. The van der Waals surface area contributed by atoms with Crippen molar-refractivity contribution in [3.8, 4) is 0 Å². The number of aromatic nitrogens is 3. The monoisotopic (exact) mass is 315 g/mol. The van der Waals surface area contributed by atoms with Gasteiger partial charge in [-0.25, -0.2) is 9.97 Å². The molecule has 1 fully saturated rings. The number of carbonyl (C=O) groups is 1. The second kappa shape index (κ2) is 6.45. The van der Waals surface area contributed by atoms with Crippen molar-refractivity contribution < 1.29 is 9.32 Å². The molecular formula is C16H21N5O2. The smallest absolute Gasteiger partial charge is 0.276 e. The molecule has 23 heavy (non-hydrogen) atoms. The SMILES string of the molecule is Cc1cc(C(=O)N2CCCC2c2nccc(CN(C)C)n2)no1. The second-order valence-corrected chi connectivity index (χ2v) is 6.12. The zero-order valence-corrected chi connectivity index (χ0v) is 13.7. The maximum absolute atomic E-state index is 12.6. The summed E-state index contributed by atoms with van der Waals surface area (Å²) in [5.41, 5.74) is 1.30. The van der Waals surface area contributed by atoms with Crippen LogP contribution in [-0.4, -0.2) is 51.5 Å². The molecule has 1 aliphatic rings. The lowest BCUT2D eigenvalue weighted by Crippen LogP contribution is -2.32. The summed E-state index contributed by atoms with van der Waals surface area (Å²) in [5.74, 6) is 1.22. The van der Waals surface area contributed by atoms with Crippen molar-refractivity contribution in [2.24, 2.45) is 0 Å². The van der Waals surface area contributed by atoms with Gasteiger partial charge in [0.1, 0.15) is 5.76 Å². The molecule has 7 nitrogen and oxygen atoms in total. The second-order valence-electron chi connectivity index (χ2n) is 6.12. The van der Waals surface area contributed by atoms with Crippen LogP contribution in [0, 0.1) is 6.92 Å². The fourth-order valence-electron chi connectivity index (χ4n) is 2.88. The fourth-order valence-corrected chi connectivity index (χ4v) is 2.88. The third-order valence-corrected chi connectivity index (χ3v) is 3.87. The van der Waals surface area contributed by atoms with Crippen LogP contribution < -0.4 is 0 Å². The Morgan fingerprint density at radius 3 is 3.00 bits per heavy atom. The summed E-state index contributed by atoms with van der Waals surface area (Å²) in [6.07, 6.45) is 3.57. The molecule has 0 radical (unpaired) electrons. The molecule has 3 rings (SSSR count). The number of carbonyl (C=O) groups excluding carboxylic acids is 1. The molecule has 1 saturated heterocycles. The van der Waals surface area contributed by atoms with E-state index in [-0.39, 0.29) is 11.9 Å². The molecule has 1 aliphatic heterocycles. The van der Waals surface area contributed by atoms with Crippen LogP contribution in [-0.2, 0) is 6.54 Å². The van der Waals surface area contributed by atoms with Crippen LogP contribution in [0.1, 0.15) is 46.7 Å². The predicted molar refractivity (Wildman–Crippen MR) is 83.7 cm³/mol. The van der Waals surface area contributed by atoms with E-state index in [4.69, 9.17) is 4.52 Å². The van der Waals surface area contributed by atoms with E-state index in [2.05, 4.69) is 20.0 Å². The Hall–Kier alpha value is -2.28. The summed E-state index contributed by atoms with van der Waals surface area (Å²) < 4.78 is 5.01. The molecule has 0 spiro atoms. The lowest BCUT2D eigenvalue weighted by atomic mass is 10.2. The Bertz CT molecular complexity index is 697. The van der Waals surface area contributed by atoms with E-state index in [0.29, 0.717) is 23.8 Å². The topological polar surface area (TPSA) is 75.4 Å². The molecule has 1 amide bonds. The van der Waals surface area contributed by atoms with Crippen molar-refractivity contribution in [1.82, 2.24) is 24.9 Å². The minimum Gasteiger partial charge on any atom is -0.361 e. The van der Waals surface area contributed by atoms with Crippen LogP contribution in [0.25, 0.3) is 0 Å². The van der Waals surface area contributed by atoms with Crippen LogP contribution in [0.5, 0.6) is 0 Å². The van der Waals surface area contributed by atoms with Gasteiger partial charge in [-0.3, -0.25) is 4.79 Å². The molecular weight excluding hydrogens is 294 g/mol. The number of amides is 1. The van der Waals surface area contributed by atoms with Crippen molar-refractivity contribution >= 4 is 5.91 Å². The predicted octanol–water partition coefficient (Wildman–Crippen LogP) is 1.81. The normalized spacial score (nSPS) is 17.9. The summed E-state index contributed by atoms with van der Waals surface area (Å²) in [5, 5.41) is 3.83. The Balaban J connectivity index is 1.82. The molecule has 2 aromatic heterocycles. The van der Waals surface area contributed by atoms with Crippen LogP contribution >= 0.6 is 0 Å². The van der Waals surface area contributed by atoms with E-state index in [1.165, 1.54) is 0 Å². The summed E-state index contributed by atoms with van der Waals surface area (Å²) in [6, 6.07) is 3.48. The largest absolute Gasteiger partial charge is 0.361 e. The zero-order chi connectivity index (χ0) is 16.4. The van der Waals surface area contributed by atoms with Gasteiger partial charge < -0.3 is 14.3 Å². The lowest BCUT2D eigenvalue weighted by Gasteiger charge is -2.23. The van der Waals surface area contributed by atoms with Crippen LogP contribution in [0.4, 0.5) is 0 Å². The molecule has 2 aromatic rings. The maximum atomic E-state index is 12.6. The molecule has 0 N–H and O–H groups in total. The van der Waals surface area contributed by atoms with E-state index in [1.54, 1.807) is 24.1 Å². The van der Waals surface area contributed by atoms with Gasteiger partial charge in [0.05, 0.1) is 11.7 Å². The zero-order valence-electron chi connectivity index (χ0n) is 13.7. The molecule has 0 bridgehead atoms. The van der Waals surface area contributed by atoms with Gasteiger partial charge in [0.25, 0.3) is 5.91 Å². The molecule has 3 heterocycles. The molecule has 1 atom stereocenters. The van der Waals surface area contributed by atoms with Gasteiger partial charge in [0.2, 0.25) is 0 Å². The first-order valence-electron chi connectivity index (χ1n) is 7.75. The molecule has 0 aliphatic carbocycles. The standard InChI is InChI=1S/C16H21N5O2/c1-11-9-13(19-23-11)16(22)21-8-4-5-14(21)15-17-7-6-12(18-15)10-20(2)3/h6-7,9,14H,4-5,8,10H2,1-3H3. The molecule has 7 heteroatoms. The van der Waals surface area contributed by atoms with E-state index in [0.717, 1.165) is 25.1 Å². The first kappa shape index (κ1) is 15.6. The highest BCUT2D eigenvalue weighted by Gasteiger charge is 2.33. The first-order chi connectivity index (χ1) is 11.0. The van der Waals surface area contributed by atoms with Gasteiger partial charge in [-0.15, -0.1) is 0 Å². The highest BCUT2D eigenvalue weighted by molar-refractivity contribution is 5.92. The van der Waals surface area contributed by atoms with Crippen LogP contribution in [0.3, 0.4) is 0 Å². The number of hydrogen-bond donors (Lipinski definition) is 0. The lowest BCUT2D eigenvalue weighted by molar-refractivity contribution is 0.0719. The number of aryl methyl sites for hydroxylation is 1. The molecule has 0 aromatic carbocycles.